The van der Waals surface area contributed by atoms with Gasteiger partial charge in [-0.25, -0.2) is 8.42 Å². The molecule has 0 heterocycles. The van der Waals surface area contributed by atoms with Crippen LogP contribution >= 0.6 is 0 Å². The molecular weight excluding hydrogens is 370 g/mol. The zero-order chi connectivity index (χ0) is 20.9. The second-order valence-electron chi connectivity index (χ2n) is 9.03. The molecule has 0 radical (unpaired) electrons. The first kappa shape index (κ1) is 26.0. The van der Waals surface area contributed by atoms with Crippen molar-refractivity contribution in [1.29, 1.82) is 0 Å². The lowest BCUT2D eigenvalue weighted by molar-refractivity contribution is -0.0806. The van der Waals surface area contributed by atoms with Crippen molar-refractivity contribution in [3.8, 4) is 0 Å². The van der Waals surface area contributed by atoms with Gasteiger partial charge in [0.1, 0.15) is 0 Å². The Morgan fingerprint density at radius 2 is 1.58 bits per heavy atom. The molecule has 0 saturated carbocycles. The highest BCUT2D eigenvalue weighted by Gasteiger charge is 2.40. The molecule has 0 rings (SSSR count). The smallest absolute Gasteiger partial charge is 0.211 e. The van der Waals surface area contributed by atoms with Crippen LogP contribution in [0.1, 0.15) is 74.7 Å². The van der Waals surface area contributed by atoms with Gasteiger partial charge in [-0.3, -0.25) is 4.21 Å². The summed E-state index contributed by atoms with van der Waals surface area (Å²) in [6, 6.07) is 0. The summed E-state index contributed by atoms with van der Waals surface area (Å²) in [6.45, 7) is 16.3. The molecule has 0 fully saturated rings. The van der Waals surface area contributed by atoms with Gasteiger partial charge in [0.05, 0.1) is 18.5 Å². The largest absolute Gasteiger partial charge is 0.373 e. The van der Waals surface area contributed by atoms with E-state index in [1.54, 1.807) is 6.26 Å². The van der Waals surface area contributed by atoms with Gasteiger partial charge in [-0.2, -0.15) is 4.31 Å². The first-order valence-corrected chi connectivity index (χ1v) is 13.0. The van der Waals surface area contributed by atoms with E-state index < -0.39 is 26.4 Å². The Hall–Kier alpha value is 0.0200. The lowest BCUT2D eigenvalue weighted by Crippen LogP contribution is -2.53. The second-order valence-corrected chi connectivity index (χ2v) is 12.6. The molecule has 7 heteroatoms. The standard InChI is InChI=1S/C19H41NO4S2/c1-11-15(3)24-17(14-20(18(4,5)6)26(10,22)23)19(7,8)13-16(12-2)25(9)21/h15-17H,11-14H2,1-10H3/t15?,16?,17?,25-/m0/s1. The Morgan fingerprint density at radius 3 is 1.88 bits per heavy atom. The topological polar surface area (TPSA) is 63.7 Å². The van der Waals surface area contributed by atoms with Crippen LogP contribution in [-0.2, 0) is 25.6 Å². The molecule has 0 spiro atoms. The summed E-state index contributed by atoms with van der Waals surface area (Å²) in [5, 5.41) is 0.0781. The van der Waals surface area contributed by atoms with Crippen molar-refractivity contribution in [3.05, 3.63) is 0 Å². The van der Waals surface area contributed by atoms with Crippen LogP contribution < -0.4 is 0 Å². The third-order valence-electron chi connectivity index (χ3n) is 5.00. The van der Waals surface area contributed by atoms with Gasteiger partial charge in [0.25, 0.3) is 0 Å². The van der Waals surface area contributed by atoms with Gasteiger partial charge >= 0.3 is 0 Å². The molecule has 4 atom stereocenters. The third-order valence-corrected chi connectivity index (χ3v) is 7.94. The molecule has 26 heavy (non-hydrogen) atoms. The van der Waals surface area contributed by atoms with Crippen LogP contribution in [0.15, 0.2) is 0 Å². The molecule has 0 aromatic carbocycles. The molecule has 0 saturated heterocycles. The Kier molecular flexibility index (Phi) is 9.99. The van der Waals surface area contributed by atoms with Gasteiger partial charge in [-0.1, -0.05) is 27.7 Å². The predicted octanol–water partition coefficient (Wildman–Crippen LogP) is 3.80. The fourth-order valence-corrected chi connectivity index (χ4v) is 5.66. The predicted molar refractivity (Wildman–Crippen MR) is 112 cm³/mol. The van der Waals surface area contributed by atoms with Crippen molar-refractivity contribution in [1.82, 2.24) is 4.31 Å². The van der Waals surface area contributed by atoms with E-state index in [0.717, 1.165) is 19.3 Å². The number of hydrogen-bond acceptors (Lipinski definition) is 4. The highest BCUT2D eigenvalue weighted by molar-refractivity contribution is 7.88. The first-order chi connectivity index (χ1) is 11.6. The number of hydrogen-bond donors (Lipinski definition) is 0. The number of nitrogens with zero attached hydrogens (tertiary/aromatic N) is 1. The lowest BCUT2D eigenvalue weighted by Gasteiger charge is -2.43. The Morgan fingerprint density at radius 1 is 1.08 bits per heavy atom. The SMILES string of the molecule is CCC(C)OC(CN(C(C)(C)C)S(C)(=O)=O)C(C)(C)CC(CC)[S@](C)=O. The van der Waals surface area contributed by atoms with Crippen molar-refractivity contribution >= 4 is 20.8 Å². The minimum absolute atomic E-state index is 0.0351. The molecule has 0 N–H and O–H groups in total. The highest BCUT2D eigenvalue weighted by atomic mass is 32.2. The first-order valence-electron chi connectivity index (χ1n) is 9.51. The van der Waals surface area contributed by atoms with Crippen molar-refractivity contribution < 1.29 is 17.4 Å². The quantitative estimate of drug-likeness (QED) is 0.519. The molecule has 0 aromatic rings. The maximum atomic E-state index is 12.4. The molecule has 0 bridgehead atoms. The summed E-state index contributed by atoms with van der Waals surface area (Å²) in [7, 11) is -4.29. The number of rotatable bonds is 11. The third kappa shape index (κ3) is 8.36. The van der Waals surface area contributed by atoms with E-state index in [1.807, 2.05) is 34.6 Å². The van der Waals surface area contributed by atoms with Crippen LogP contribution in [-0.4, -0.2) is 59.0 Å². The lowest BCUT2D eigenvalue weighted by atomic mass is 9.80. The summed E-state index contributed by atoms with van der Waals surface area (Å²) >= 11 is 0. The van der Waals surface area contributed by atoms with Gasteiger partial charge < -0.3 is 4.74 Å². The molecule has 158 valence electrons. The van der Waals surface area contributed by atoms with E-state index in [-0.39, 0.29) is 22.9 Å². The summed E-state index contributed by atoms with van der Waals surface area (Å²) in [5.41, 5.74) is -0.831. The fraction of sp³-hybridized carbons (Fsp3) is 1.00. The molecule has 5 nitrogen and oxygen atoms in total. The van der Waals surface area contributed by atoms with Crippen LogP contribution in [0.25, 0.3) is 0 Å². The zero-order valence-corrected chi connectivity index (χ0v) is 20.1. The number of ether oxygens (including phenoxy) is 1. The van der Waals surface area contributed by atoms with E-state index in [0.29, 0.717) is 6.54 Å². The maximum Gasteiger partial charge on any atom is 0.211 e. The molecule has 0 aromatic heterocycles. The maximum absolute atomic E-state index is 12.4. The number of sulfonamides is 1. The van der Waals surface area contributed by atoms with Crippen LogP contribution in [0, 0.1) is 5.41 Å². The summed E-state index contributed by atoms with van der Waals surface area (Å²) in [4.78, 5) is 0. The molecule has 0 amide bonds. The van der Waals surface area contributed by atoms with Crippen LogP contribution in [0.3, 0.4) is 0 Å². The van der Waals surface area contributed by atoms with Crippen molar-refractivity contribution in [2.24, 2.45) is 5.41 Å². The van der Waals surface area contributed by atoms with Crippen LogP contribution in [0.5, 0.6) is 0 Å². The zero-order valence-electron chi connectivity index (χ0n) is 18.5. The van der Waals surface area contributed by atoms with E-state index in [9.17, 15) is 12.6 Å². The second kappa shape index (κ2) is 9.99. The summed E-state index contributed by atoms with van der Waals surface area (Å²) < 4.78 is 44.7. The monoisotopic (exact) mass is 411 g/mol. The Labute approximate surface area is 164 Å². The van der Waals surface area contributed by atoms with Gasteiger partial charge in [0, 0.05) is 34.4 Å². The van der Waals surface area contributed by atoms with E-state index in [2.05, 4.69) is 20.8 Å². The summed E-state index contributed by atoms with van der Waals surface area (Å²) in [6.07, 6.45) is 5.18. The Bertz CT molecular complexity index is 552. The molecule has 3 unspecified atom stereocenters. The van der Waals surface area contributed by atoms with Crippen LogP contribution in [0.2, 0.25) is 0 Å². The molecular formula is C19H41NO4S2. The minimum Gasteiger partial charge on any atom is -0.373 e. The van der Waals surface area contributed by atoms with Crippen molar-refractivity contribution in [3.63, 3.8) is 0 Å². The van der Waals surface area contributed by atoms with Crippen LogP contribution in [0.4, 0.5) is 0 Å². The van der Waals surface area contributed by atoms with Crippen molar-refractivity contribution in [2.45, 2.75) is 97.6 Å². The summed E-state index contributed by atoms with van der Waals surface area (Å²) in [5.74, 6) is 0. The van der Waals surface area contributed by atoms with E-state index >= 15 is 0 Å². The normalized spacial score (nSPS) is 18.6. The van der Waals surface area contributed by atoms with Gasteiger partial charge in [0.15, 0.2) is 0 Å². The molecule has 0 aliphatic rings. The molecule has 0 aliphatic carbocycles. The molecule has 0 aliphatic heterocycles. The Balaban J connectivity index is 5.79. The van der Waals surface area contributed by atoms with E-state index in [1.165, 1.54) is 10.6 Å². The average molecular weight is 412 g/mol. The van der Waals surface area contributed by atoms with Crippen molar-refractivity contribution in [2.75, 3.05) is 19.1 Å². The van der Waals surface area contributed by atoms with Gasteiger partial charge in [-0.15, -0.1) is 0 Å². The average Bonchev–Trinajstić information content (AvgIpc) is 2.45. The minimum atomic E-state index is -3.38. The van der Waals surface area contributed by atoms with E-state index in [4.69, 9.17) is 4.74 Å². The fourth-order valence-electron chi connectivity index (χ4n) is 3.12. The highest BCUT2D eigenvalue weighted by Crippen LogP contribution is 2.34. The van der Waals surface area contributed by atoms with Gasteiger partial charge in [0.2, 0.25) is 10.0 Å². The van der Waals surface area contributed by atoms with Gasteiger partial charge in [-0.05, 0) is 52.4 Å².